The quantitative estimate of drug-likeness (QED) is 0.554. The molecule has 0 saturated carbocycles. The fourth-order valence-corrected chi connectivity index (χ4v) is 1.41. The lowest BCUT2D eigenvalue weighted by molar-refractivity contribution is -0.385. The van der Waals surface area contributed by atoms with Gasteiger partial charge in [0.15, 0.2) is 0 Å². The molecule has 0 bridgehead atoms. The van der Waals surface area contributed by atoms with Crippen molar-refractivity contribution < 1.29 is 4.92 Å². The monoisotopic (exact) mass is 203 g/mol. The maximum atomic E-state index is 10.6. The standard InChI is InChI=1S/C10H9N3O2/c1-8-10(13(14)15)7-11-12(8)9-5-3-2-4-6-9/h2-7H,1H3. The highest BCUT2D eigenvalue weighted by Crippen LogP contribution is 2.19. The van der Waals surface area contributed by atoms with Crippen molar-refractivity contribution in [3.63, 3.8) is 0 Å². The molecule has 0 aliphatic heterocycles. The van der Waals surface area contributed by atoms with E-state index in [9.17, 15) is 10.1 Å². The molecule has 0 amide bonds. The van der Waals surface area contributed by atoms with Crippen LogP contribution in [0.4, 0.5) is 5.69 Å². The first kappa shape index (κ1) is 9.39. The average molecular weight is 203 g/mol. The van der Waals surface area contributed by atoms with E-state index in [0.717, 1.165) is 5.69 Å². The Balaban J connectivity index is 2.52. The summed E-state index contributed by atoms with van der Waals surface area (Å²) in [6.07, 6.45) is 1.27. The summed E-state index contributed by atoms with van der Waals surface area (Å²) in [5, 5.41) is 14.6. The number of rotatable bonds is 2. The molecule has 2 rings (SSSR count). The second-order valence-corrected chi connectivity index (χ2v) is 3.12. The van der Waals surface area contributed by atoms with Gasteiger partial charge >= 0.3 is 5.69 Å². The molecule has 0 saturated heterocycles. The largest absolute Gasteiger partial charge is 0.310 e. The van der Waals surface area contributed by atoms with E-state index in [-0.39, 0.29) is 5.69 Å². The Hall–Kier alpha value is -2.17. The summed E-state index contributed by atoms with van der Waals surface area (Å²) in [5.41, 5.74) is 1.40. The molecule has 15 heavy (non-hydrogen) atoms. The van der Waals surface area contributed by atoms with Crippen LogP contribution >= 0.6 is 0 Å². The van der Waals surface area contributed by atoms with Gasteiger partial charge in [-0.15, -0.1) is 0 Å². The van der Waals surface area contributed by atoms with E-state index < -0.39 is 4.92 Å². The summed E-state index contributed by atoms with van der Waals surface area (Å²) in [6, 6.07) is 9.31. The predicted octanol–water partition coefficient (Wildman–Crippen LogP) is 2.09. The molecule has 76 valence electrons. The van der Waals surface area contributed by atoms with E-state index in [4.69, 9.17) is 0 Å². The van der Waals surface area contributed by atoms with Crippen LogP contribution in [0.25, 0.3) is 5.69 Å². The zero-order chi connectivity index (χ0) is 10.8. The fraction of sp³-hybridized carbons (Fsp3) is 0.100. The molecule has 5 nitrogen and oxygen atoms in total. The summed E-state index contributed by atoms with van der Waals surface area (Å²) in [5.74, 6) is 0. The third kappa shape index (κ3) is 1.59. The first-order valence-electron chi connectivity index (χ1n) is 4.44. The molecule has 0 aliphatic rings. The van der Waals surface area contributed by atoms with Crippen LogP contribution in [-0.4, -0.2) is 14.7 Å². The van der Waals surface area contributed by atoms with E-state index in [1.165, 1.54) is 6.20 Å². The van der Waals surface area contributed by atoms with Crippen LogP contribution in [0.5, 0.6) is 0 Å². The molecule has 1 aromatic carbocycles. The minimum absolute atomic E-state index is 0.0406. The molecule has 5 heteroatoms. The van der Waals surface area contributed by atoms with Crippen molar-refractivity contribution in [3.8, 4) is 5.69 Å². The first-order chi connectivity index (χ1) is 7.20. The lowest BCUT2D eigenvalue weighted by atomic mass is 10.3. The van der Waals surface area contributed by atoms with Crippen molar-refractivity contribution in [2.24, 2.45) is 0 Å². The van der Waals surface area contributed by atoms with Gasteiger partial charge in [0, 0.05) is 0 Å². The lowest BCUT2D eigenvalue weighted by Gasteiger charge is -2.01. The van der Waals surface area contributed by atoms with Crippen LogP contribution in [0.15, 0.2) is 36.5 Å². The summed E-state index contributed by atoms with van der Waals surface area (Å²) >= 11 is 0. The Bertz CT molecular complexity index is 491. The summed E-state index contributed by atoms with van der Waals surface area (Å²) < 4.78 is 1.55. The molecule has 0 atom stereocenters. The van der Waals surface area contributed by atoms with E-state index in [0.29, 0.717) is 5.69 Å². The van der Waals surface area contributed by atoms with E-state index in [1.807, 2.05) is 30.3 Å². The Morgan fingerprint density at radius 1 is 1.33 bits per heavy atom. The third-order valence-corrected chi connectivity index (χ3v) is 2.18. The minimum atomic E-state index is -0.429. The maximum Gasteiger partial charge on any atom is 0.310 e. The highest BCUT2D eigenvalue weighted by atomic mass is 16.6. The van der Waals surface area contributed by atoms with Gasteiger partial charge in [0.25, 0.3) is 0 Å². The van der Waals surface area contributed by atoms with Gasteiger partial charge in [0.1, 0.15) is 11.9 Å². The molecule has 0 aliphatic carbocycles. The number of aromatic nitrogens is 2. The maximum absolute atomic E-state index is 10.6. The number of hydrogen-bond donors (Lipinski definition) is 0. The van der Waals surface area contributed by atoms with Gasteiger partial charge in [-0.2, -0.15) is 5.10 Å². The van der Waals surface area contributed by atoms with Gasteiger partial charge in [0.05, 0.1) is 10.6 Å². The second kappa shape index (κ2) is 3.53. The zero-order valence-corrected chi connectivity index (χ0v) is 8.12. The predicted molar refractivity (Wildman–Crippen MR) is 55.0 cm³/mol. The van der Waals surface area contributed by atoms with Crippen molar-refractivity contribution in [3.05, 3.63) is 52.3 Å². The Morgan fingerprint density at radius 2 is 2.00 bits per heavy atom. The molecule has 0 fully saturated rings. The number of benzene rings is 1. The number of hydrogen-bond acceptors (Lipinski definition) is 3. The molecule has 0 N–H and O–H groups in total. The van der Waals surface area contributed by atoms with E-state index in [2.05, 4.69) is 5.10 Å². The SMILES string of the molecule is Cc1c([N+](=O)[O-])cnn1-c1ccccc1. The number of nitro groups is 1. The molecule has 0 unspecified atom stereocenters. The van der Waals surface area contributed by atoms with Crippen LogP contribution in [-0.2, 0) is 0 Å². The van der Waals surface area contributed by atoms with Gasteiger partial charge in [-0.25, -0.2) is 4.68 Å². The normalized spacial score (nSPS) is 10.2. The fourth-order valence-electron chi connectivity index (χ4n) is 1.41. The summed E-state index contributed by atoms with van der Waals surface area (Å²) in [4.78, 5) is 10.2. The molecule has 0 radical (unpaired) electrons. The topological polar surface area (TPSA) is 61.0 Å². The molecule has 0 spiro atoms. The minimum Gasteiger partial charge on any atom is -0.258 e. The molecular weight excluding hydrogens is 194 g/mol. The average Bonchev–Trinajstić information content (AvgIpc) is 2.61. The third-order valence-electron chi connectivity index (χ3n) is 2.18. The van der Waals surface area contributed by atoms with Gasteiger partial charge < -0.3 is 0 Å². The second-order valence-electron chi connectivity index (χ2n) is 3.12. The van der Waals surface area contributed by atoms with Crippen molar-refractivity contribution in [2.45, 2.75) is 6.92 Å². The van der Waals surface area contributed by atoms with Crippen molar-refractivity contribution in [1.29, 1.82) is 0 Å². The summed E-state index contributed by atoms with van der Waals surface area (Å²) in [6.45, 7) is 1.68. The first-order valence-corrected chi connectivity index (χ1v) is 4.44. The van der Waals surface area contributed by atoms with Gasteiger partial charge in [-0.1, -0.05) is 18.2 Å². The van der Waals surface area contributed by atoms with Crippen LogP contribution in [0.2, 0.25) is 0 Å². The number of nitrogens with zero attached hydrogens (tertiary/aromatic N) is 3. The highest BCUT2D eigenvalue weighted by Gasteiger charge is 2.16. The van der Waals surface area contributed by atoms with Crippen LogP contribution in [0, 0.1) is 17.0 Å². The zero-order valence-electron chi connectivity index (χ0n) is 8.12. The van der Waals surface area contributed by atoms with Crippen LogP contribution in [0.1, 0.15) is 5.69 Å². The molecule has 1 heterocycles. The van der Waals surface area contributed by atoms with Crippen molar-refractivity contribution >= 4 is 5.69 Å². The van der Waals surface area contributed by atoms with Gasteiger partial charge in [-0.3, -0.25) is 10.1 Å². The van der Waals surface area contributed by atoms with E-state index in [1.54, 1.807) is 11.6 Å². The molecular formula is C10H9N3O2. The molecule has 2 aromatic rings. The Kier molecular flexibility index (Phi) is 2.21. The highest BCUT2D eigenvalue weighted by molar-refractivity contribution is 5.40. The molecule has 1 aromatic heterocycles. The van der Waals surface area contributed by atoms with Crippen LogP contribution in [0.3, 0.4) is 0 Å². The smallest absolute Gasteiger partial charge is 0.258 e. The number of para-hydroxylation sites is 1. The van der Waals surface area contributed by atoms with Crippen molar-refractivity contribution in [2.75, 3.05) is 0 Å². The summed E-state index contributed by atoms with van der Waals surface area (Å²) in [7, 11) is 0. The van der Waals surface area contributed by atoms with Crippen LogP contribution < -0.4 is 0 Å². The Labute approximate surface area is 86.1 Å². The van der Waals surface area contributed by atoms with E-state index >= 15 is 0 Å². The lowest BCUT2D eigenvalue weighted by Crippen LogP contribution is -1.99. The van der Waals surface area contributed by atoms with Gasteiger partial charge in [-0.05, 0) is 19.1 Å². The Morgan fingerprint density at radius 3 is 2.53 bits per heavy atom. The van der Waals surface area contributed by atoms with Gasteiger partial charge in [0.2, 0.25) is 0 Å². The van der Waals surface area contributed by atoms with Crippen molar-refractivity contribution in [1.82, 2.24) is 9.78 Å².